The molecule has 12 heteroatoms. The standard InChI is InChI=1S/C32H25Br2N3O7/c1-40-22-11-9-18(10-12-22)32(39)44-28-20(13-21(33)16-24(28)34)17-35-37-30(36-25-8-6-5-7-23(25)31(37)38)19-14-26(41-2)29(43-4)27(15-19)42-3/h5-17H,1-4H3. The molecule has 0 aliphatic rings. The maximum Gasteiger partial charge on any atom is 0.343 e. The molecule has 0 aliphatic heterocycles. The molecule has 0 atom stereocenters. The molecule has 1 heterocycles. The number of carbonyl (C=O) groups excluding carboxylic acids is 1. The smallest absolute Gasteiger partial charge is 0.343 e. The summed E-state index contributed by atoms with van der Waals surface area (Å²) < 4.78 is 29.8. The number of hydrogen-bond donors (Lipinski definition) is 0. The number of hydrogen-bond acceptors (Lipinski definition) is 9. The highest BCUT2D eigenvalue weighted by atomic mass is 79.9. The maximum atomic E-state index is 13.8. The largest absolute Gasteiger partial charge is 0.497 e. The van der Waals surface area contributed by atoms with Gasteiger partial charge in [-0.2, -0.15) is 9.78 Å². The van der Waals surface area contributed by atoms with Crippen molar-refractivity contribution in [1.29, 1.82) is 0 Å². The first-order chi connectivity index (χ1) is 21.3. The van der Waals surface area contributed by atoms with Crippen LogP contribution in [0.15, 0.2) is 91.6 Å². The van der Waals surface area contributed by atoms with Crippen LogP contribution < -0.4 is 29.2 Å². The van der Waals surface area contributed by atoms with E-state index in [1.54, 1.807) is 79.9 Å². The fourth-order valence-electron chi connectivity index (χ4n) is 4.41. The van der Waals surface area contributed by atoms with Gasteiger partial charge >= 0.3 is 5.97 Å². The fraction of sp³-hybridized carbons (Fsp3) is 0.125. The van der Waals surface area contributed by atoms with Gasteiger partial charge in [0.2, 0.25) is 5.75 Å². The van der Waals surface area contributed by atoms with Crippen molar-refractivity contribution in [3.8, 4) is 40.1 Å². The summed E-state index contributed by atoms with van der Waals surface area (Å²) in [6, 6.07) is 20.3. The van der Waals surface area contributed by atoms with E-state index in [-0.39, 0.29) is 11.6 Å². The number of ether oxygens (including phenoxy) is 5. The Morgan fingerprint density at radius 1 is 0.841 bits per heavy atom. The molecule has 5 aromatic rings. The van der Waals surface area contributed by atoms with Gasteiger partial charge in [-0.1, -0.05) is 28.1 Å². The van der Waals surface area contributed by atoms with E-state index in [4.69, 9.17) is 28.7 Å². The lowest BCUT2D eigenvalue weighted by Gasteiger charge is -2.15. The van der Waals surface area contributed by atoms with E-state index in [1.165, 1.54) is 32.2 Å². The van der Waals surface area contributed by atoms with Gasteiger partial charge in [0.05, 0.1) is 55.6 Å². The molecule has 5 rings (SSSR count). The number of methoxy groups -OCH3 is 4. The summed E-state index contributed by atoms with van der Waals surface area (Å²) in [6.45, 7) is 0. The van der Waals surface area contributed by atoms with Gasteiger partial charge in [-0.15, -0.1) is 0 Å². The van der Waals surface area contributed by atoms with Crippen molar-refractivity contribution < 1.29 is 28.5 Å². The highest BCUT2D eigenvalue weighted by Gasteiger charge is 2.20. The number of nitrogens with zero attached hydrogens (tertiary/aromatic N) is 3. The fourth-order valence-corrected chi connectivity index (χ4v) is 5.75. The van der Waals surface area contributed by atoms with Crippen LogP contribution in [-0.4, -0.2) is 50.3 Å². The summed E-state index contributed by atoms with van der Waals surface area (Å²) in [5.41, 5.74) is 1.28. The van der Waals surface area contributed by atoms with Crippen LogP contribution in [0.4, 0.5) is 0 Å². The van der Waals surface area contributed by atoms with E-state index in [9.17, 15) is 9.59 Å². The molecule has 0 aliphatic carbocycles. The van der Waals surface area contributed by atoms with Gasteiger partial charge in [0.1, 0.15) is 5.75 Å². The molecule has 1 aromatic heterocycles. The van der Waals surface area contributed by atoms with Crippen LogP contribution >= 0.6 is 31.9 Å². The summed E-state index contributed by atoms with van der Waals surface area (Å²) in [5.74, 6) is 1.58. The molecule has 4 aromatic carbocycles. The van der Waals surface area contributed by atoms with E-state index < -0.39 is 11.5 Å². The number of carbonyl (C=O) groups is 1. The van der Waals surface area contributed by atoms with E-state index in [1.807, 2.05) is 0 Å². The van der Waals surface area contributed by atoms with E-state index in [0.717, 1.165) is 0 Å². The van der Waals surface area contributed by atoms with Gasteiger partial charge in [0, 0.05) is 15.6 Å². The van der Waals surface area contributed by atoms with Crippen molar-refractivity contribution in [2.45, 2.75) is 0 Å². The van der Waals surface area contributed by atoms with E-state index in [2.05, 4.69) is 37.0 Å². The van der Waals surface area contributed by atoms with Gasteiger partial charge in [-0.3, -0.25) is 4.79 Å². The monoisotopic (exact) mass is 721 g/mol. The molecule has 0 amide bonds. The van der Waals surface area contributed by atoms with Crippen LogP contribution in [0.1, 0.15) is 15.9 Å². The Kier molecular flexibility index (Phi) is 9.31. The lowest BCUT2D eigenvalue weighted by Crippen LogP contribution is -2.20. The average molecular weight is 723 g/mol. The zero-order valence-corrected chi connectivity index (χ0v) is 27.1. The number of fused-ring (bicyclic) bond motifs is 1. The predicted molar refractivity (Wildman–Crippen MR) is 174 cm³/mol. The first-order valence-corrected chi connectivity index (χ1v) is 14.6. The number of aromatic nitrogens is 2. The third kappa shape index (κ3) is 6.17. The van der Waals surface area contributed by atoms with Crippen LogP contribution in [0, 0.1) is 0 Å². The SMILES string of the molecule is COc1ccc(C(=O)Oc2c(Br)cc(Br)cc2C=Nn2c(-c3cc(OC)c(OC)c(OC)c3)nc3ccccc3c2=O)cc1. The number of rotatable bonds is 9. The number of esters is 1. The first-order valence-electron chi connectivity index (χ1n) is 13.0. The highest BCUT2D eigenvalue weighted by Crippen LogP contribution is 2.41. The second-order valence-electron chi connectivity index (χ2n) is 9.15. The number of benzene rings is 4. The molecule has 224 valence electrons. The van der Waals surface area contributed by atoms with Crippen molar-refractivity contribution in [2.75, 3.05) is 28.4 Å². The van der Waals surface area contributed by atoms with Gasteiger partial charge in [0.25, 0.3) is 5.56 Å². The number of halogens is 2. The third-order valence-corrected chi connectivity index (χ3v) is 7.59. The summed E-state index contributed by atoms with van der Waals surface area (Å²) in [4.78, 5) is 31.6. The van der Waals surface area contributed by atoms with Gasteiger partial charge in [-0.05, 0) is 76.6 Å². The summed E-state index contributed by atoms with van der Waals surface area (Å²) in [6.07, 6.45) is 1.42. The zero-order chi connectivity index (χ0) is 31.4. The lowest BCUT2D eigenvalue weighted by atomic mass is 10.1. The Morgan fingerprint density at radius 2 is 1.52 bits per heavy atom. The quantitative estimate of drug-likeness (QED) is 0.0937. The second-order valence-corrected chi connectivity index (χ2v) is 10.9. The summed E-state index contributed by atoms with van der Waals surface area (Å²) >= 11 is 6.96. The minimum atomic E-state index is -0.590. The van der Waals surface area contributed by atoms with Crippen LogP contribution in [0.5, 0.6) is 28.7 Å². The molecule has 10 nitrogen and oxygen atoms in total. The van der Waals surface area contributed by atoms with Crippen LogP contribution in [0.2, 0.25) is 0 Å². The molecule has 0 saturated carbocycles. The van der Waals surface area contributed by atoms with Crippen molar-refractivity contribution >= 4 is 54.9 Å². The Morgan fingerprint density at radius 3 is 2.16 bits per heavy atom. The normalized spacial score (nSPS) is 11.0. The molecule has 0 bridgehead atoms. The molecule has 0 unspecified atom stereocenters. The van der Waals surface area contributed by atoms with Gasteiger partial charge in [0.15, 0.2) is 23.1 Å². The topological polar surface area (TPSA) is 110 Å². The van der Waals surface area contributed by atoms with Crippen molar-refractivity contribution in [3.05, 3.63) is 103 Å². The van der Waals surface area contributed by atoms with Crippen LogP contribution in [0.3, 0.4) is 0 Å². The maximum absolute atomic E-state index is 13.8. The molecule has 0 radical (unpaired) electrons. The second kappa shape index (κ2) is 13.3. The molecular formula is C32H25Br2N3O7. The lowest BCUT2D eigenvalue weighted by molar-refractivity contribution is 0.0733. The van der Waals surface area contributed by atoms with Crippen molar-refractivity contribution in [2.24, 2.45) is 5.10 Å². The van der Waals surface area contributed by atoms with Gasteiger partial charge < -0.3 is 23.7 Å². The average Bonchev–Trinajstić information content (AvgIpc) is 3.04. The van der Waals surface area contributed by atoms with E-state index in [0.29, 0.717) is 59.5 Å². The van der Waals surface area contributed by atoms with Gasteiger partial charge in [-0.25, -0.2) is 9.78 Å². The molecule has 0 saturated heterocycles. The molecule has 44 heavy (non-hydrogen) atoms. The molecular weight excluding hydrogens is 698 g/mol. The zero-order valence-electron chi connectivity index (χ0n) is 24.0. The highest BCUT2D eigenvalue weighted by molar-refractivity contribution is 9.11. The molecule has 0 N–H and O–H groups in total. The predicted octanol–water partition coefficient (Wildman–Crippen LogP) is 6.72. The Labute approximate surface area is 269 Å². The van der Waals surface area contributed by atoms with E-state index >= 15 is 0 Å². The summed E-state index contributed by atoms with van der Waals surface area (Å²) in [7, 11) is 6.05. The third-order valence-electron chi connectivity index (χ3n) is 6.55. The first kappa shape index (κ1) is 30.8. The number of para-hydroxylation sites is 1. The molecule has 0 fully saturated rings. The summed E-state index contributed by atoms with van der Waals surface area (Å²) in [5, 5.41) is 4.92. The van der Waals surface area contributed by atoms with Crippen LogP contribution in [-0.2, 0) is 0 Å². The Balaban J connectivity index is 1.65. The van der Waals surface area contributed by atoms with Crippen molar-refractivity contribution in [3.63, 3.8) is 0 Å². The minimum absolute atomic E-state index is 0.203. The Hall–Kier alpha value is -4.68. The van der Waals surface area contributed by atoms with Crippen LogP contribution in [0.25, 0.3) is 22.3 Å². The molecule has 0 spiro atoms. The Bertz CT molecular complexity index is 1930. The van der Waals surface area contributed by atoms with Crippen molar-refractivity contribution in [1.82, 2.24) is 9.66 Å². The minimum Gasteiger partial charge on any atom is -0.497 e.